The predicted octanol–water partition coefficient (Wildman–Crippen LogP) is 4.23. The van der Waals surface area contributed by atoms with Crippen LogP contribution in [0.1, 0.15) is 22.8 Å². The van der Waals surface area contributed by atoms with Crippen LogP contribution < -0.4 is 14.4 Å². The van der Waals surface area contributed by atoms with Gasteiger partial charge in [-0.1, -0.05) is 0 Å². The van der Waals surface area contributed by atoms with Crippen LogP contribution in [0.15, 0.2) is 71.6 Å². The molecule has 0 radical (unpaired) electrons. The highest BCUT2D eigenvalue weighted by Crippen LogP contribution is 2.37. The van der Waals surface area contributed by atoms with E-state index >= 15 is 0 Å². The number of halogens is 1. The van der Waals surface area contributed by atoms with Gasteiger partial charge in [-0.3, -0.25) is 9.10 Å². The third kappa shape index (κ3) is 3.98. The number of methoxy groups -OCH3 is 1. The van der Waals surface area contributed by atoms with Crippen molar-refractivity contribution in [2.45, 2.75) is 24.3 Å². The average Bonchev–Trinajstić information content (AvgIpc) is 3.10. The second-order valence-corrected chi connectivity index (χ2v) is 9.15. The van der Waals surface area contributed by atoms with Crippen molar-refractivity contribution in [3.05, 3.63) is 83.7 Å². The molecule has 0 fully saturated rings. The Balaban J connectivity index is 1.60. The monoisotopic (exact) mass is 440 g/mol. The van der Waals surface area contributed by atoms with Gasteiger partial charge in [0.15, 0.2) is 0 Å². The number of benzene rings is 3. The second-order valence-electron chi connectivity index (χ2n) is 7.33. The van der Waals surface area contributed by atoms with E-state index in [1.165, 1.54) is 16.4 Å². The maximum absolute atomic E-state index is 13.2. The van der Waals surface area contributed by atoms with Crippen LogP contribution in [0.25, 0.3) is 0 Å². The van der Waals surface area contributed by atoms with E-state index in [0.29, 0.717) is 29.1 Å². The number of hydrogen-bond acceptors (Lipinski definition) is 4. The minimum absolute atomic E-state index is 0.0231. The zero-order chi connectivity index (χ0) is 22.2. The molecular formula is C23H21FN2O4S. The van der Waals surface area contributed by atoms with Crippen molar-refractivity contribution < 1.29 is 22.3 Å². The fourth-order valence-corrected chi connectivity index (χ4v) is 5.40. The quantitative estimate of drug-likeness (QED) is 0.644. The van der Waals surface area contributed by atoms with E-state index in [4.69, 9.17) is 4.74 Å². The zero-order valence-corrected chi connectivity index (χ0v) is 17.8. The molecule has 1 N–H and O–H groups in total. The second kappa shape index (κ2) is 8.03. The molecule has 0 unspecified atom stereocenters. The highest BCUT2D eigenvalue weighted by molar-refractivity contribution is 7.92. The van der Waals surface area contributed by atoms with Crippen LogP contribution in [-0.2, 0) is 16.4 Å². The molecule has 160 valence electrons. The van der Waals surface area contributed by atoms with Gasteiger partial charge in [-0.15, -0.1) is 0 Å². The predicted molar refractivity (Wildman–Crippen MR) is 117 cm³/mol. The van der Waals surface area contributed by atoms with Gasteiger partial charge in [0.05, 0.1) is 17.7 Å². The van der Waals surface area contributed by atoms with Crippen molar-refractivity contribution in [1.82, 2.24) is 0 Å². The molecule has 31 heavy (non-hydrogen) atoms. The lowest BCUT2D eigenvalue weighted by molar-refractivity contribution is 0.102. The summed E-state index contributed by atoms with van der Waals surface area (Å²) in [5, 5.41) is 2.82. The number of carbonyl (C=O) groups is 1. The topological polar surface area (TPSA) is 75.7 Å². The largest absolute Gasteiger partial charge is 0.497 e. The maximum Gasteiger partial charge on any atom is 0.264 e. The van der Waals surface area contributed by atoms with Crippen molar-refractivity contribution in [3.8, 4) is 5.75 Å². The van der Waals surface area contributed by atoms with Crippen molar-refractivity contribution in [2.24, 2.45) is 0 Å². The Kier molecular flexibility index (Phi) is 5.41. The van der Waals surface area contributed by atoms with Gasteiger partial charge < -0.3 is 10.1 Å². The number of amides is 1. The summed E-state index contributed by atoms with van der Waals surface area (Å²) in [6, 6.07) is 16.4. The zero-order valence-electron chi connectivity index (χ0n) is 17.0. The summed E-state index contributed by atoms with van der Waals surface area (Å²) in [6.45, 7) is 1.80. The van der Waals surface area contributed by atoms with E-state index < -0.39 is 15.8 Å². The van der Waals surface area contributed by atoms with Gasteiger partial charge in [0.25, 0.3) is 15.9 Å². The lowest BCUT2D eigenvalue weighted by Gasteiger charge is -2.24. The molecule has 1 atom stereocenters. The average molecular weight is 440 g/mol. The van der Waals surface area contributed by atoms with Crippen LogP contribution >= 0.6 is 0 Å². The van der Waals surface area contributed by atoms with E-state index in [2.05, 4.69) is 5.32 Å². The maximum atomic E-state index is 13.2. The Labute approximate surface area is 180 Å². The Hall–Kier alpha value is -3.39. The van der Waals surface area contributed by atoms with Crippen LogP contribution in [-0.4, -0.2) is 27.5 Å². The molecule has 0 bridgehead atoms. The first-order chi connectivity index (χ1) is 14.8. The van der Waals surface area contributed by atoms with E-state index in [1.54, 1.807) is 56.5 Å². The summed E-state index contributed by atoms with van der Waals surface area (Å²) in [4.78, 5) is 12.7. The van der Waals surface area contributed by atoms with E-state index in [1.807, 2.05) is 0 Å². The van der Waals surface area contributed by atoms with Gasteiger partial charge in [-0.2, -0.15) is 0 Å². The fraction of sp³-hybridized carbons (Fsp3) is 0.174. The van der Waals surface area contributed by atoms with Gasteiger partial charge in [-0.05, 0) is 85.6 Å². The number of sulfonamides is 1. The molecule has 0 saturated heterocycles. The Morgan fingerprint density at radius 2 is 1.74 bits per heavy atom. The van der Waals surface area contributed by atoms with Crippen LogP contribution in [0.4, 0.5) is 15.8 Å². The molecule has 1 aliphatic rings. The smallest absolute Gasteiger partial charge is 0.264 e. The molecule has 1 aliphatic heterocycles. The molecule has 0 spiro atoms. The summed E-state index contributed by atoms with van der Waals surface area (Å²) in [5.41, 5.74) is 2.35. The Morgan fingerprint density at radius 3 is 2.39 bits per heavy atom. The summed E-state index contributed by atoms with van der Waals surface area (Å²) in [7, 11) is -2.28. The van der Waals surface area contributed by atoms with E-state index in [0.717, 1.165) is 17.7 Å². The number of ether oxygens (including phenoxy) is 1. The third-order valence-corrected chi connectivity index (χ3v) is 7.16. The van der Waals surface area contributed by atoms with Crippen LogP contribution in [0.2, 0.25) is 0 Å². The lowest BCUT2D eigenvalue weighted by atomic mass is 10.1. The molecule has 8 heteroatoms. The molecule has 0 aliphatic carbocycles. The number of hydrogen-bond donors (Lipinski definition) is 1. The van der Waals surface area contributed by atoms with Crippen molar-refractivity contribution in [2.75, 3.05) is 16.7 Å². The minimum atomic E-state index is -3.85. The fourth-order valence-electron chi connectivity index (χ4n) is 3.71. The molecule has 6 nitrogen and oxygen atoms in total. The molecule has 0 aromatic heterocycles. The Bertz CT molecular complexity index is 1230. The molecule has 4 rings (SSSR count). The summed E-state index contributed by atoms with van der Waals surface area (Å²) in [5.74, 6) is -0.103. The van der Waals surface area contributed by atoms with Gasteiger partial charge >= 0.3 is 0 Å². The first-order valence-corrected chi connectivity index (χ1v) is 11.1. The number of anilines is 2. The normalized spacial score (nSPS) is 15.5. The number of fused-ring (bicyclic) bond motifs is 1. The summed E-state index contributed by atoms with van der Waals surface area (Å²) >= 11 is 0. The lowest BCUT2D eigenvalue weighted by Crippen LogP contribution is -2.35. The summed E-state index contributed by atoms with van der Waals surface area (Å²) < 4.78 is 46.0. The van der Waals surface area contributed by atoms with Gasteiger partial charge in [0, 0.05) is 17.3 Å². The highest BCUT2D eigenvalue weighted by Gasteiger charge is 2.36. The SMILES string of the molecule is COc1ccc(NC(=O)c2ccc3c(c2)C[C@H](C)N3S(=O)(=O)c2ccc(F)cc2)cc1. The molecule has 1 amide bonds. The molecule has 0 saturated carbocycles. The number of nitrogens with one attached hydrogen (secondary N) is 1. The van der Waals surface area contributed by atoms with Gasteiger partial charge in [0.1, 0.15) is 11.6 Å². The standard InChI is InChI=1S/C23H21FN2O4S/c1-15-13-17-14-16(23(27)25-19-6-8-20(30-2)9-7-19)3-12-22(17)26(15)31(28,29)21-10-4-18(24)5-11-21/h3-12,14-15H,13H2,1-2H3,(H,25,27)/t15-/m0/s1. The molecule has 1 heterocycles. The van der Waals surface area contributed by atoms with E-state index in [9.17, 15) is 17.6 Å². The number of nitrogens with zero attached hydrogens (tertiary/aromatic N) is 1. The van der Waals surface area contributed by atoms with Gasteiger partial charge in [-0.25, -0.2) is 12.8 Å². The van der Waals surface area contributed by atoms with Crippen LogP contribution in [0.5, 0.6) is 5.75 Å². The van der Waals surface area contributed by atoms with Crippen LogP contribution in [0.3, 0.4) is 0 Å². The van der Waals surface area contributed by atoms with Crippen molar-refractivity contribution >= 4 is 27.3 Å². The van der Waals surface area contributed by atoms with Crippen LogP contribution in [0, 0.1) is 5.82 Å². The number of rotatable bonds is 5. The molecular weight excluding hydrogens is 419 g/mol. The summed E-state index contributed by atoms with van der Waals surface area (Å²) in [6.07, 6.45) is 0.472. The van der Waals surface area contributed by atoms with Crippen molar-refractivity contribution in [3.63, 3.8) is 0 Å². The highest BCUT2D eigenvalue weighted by atomic mass is 32.2. The first-order valence-electron chi connectivity index (χ1n) is 9.68. The van der Waals surface area contributed by atoms with Crippen molar-refractivity contribution in [1.29, 1.82) is 0 Å². The molecule has 3 aromatic carbocycles. The van der Waals surface area contributed by atoms with Gasteiger partial charge in [0.2, 0.25) is 0 Å². The Morgan fingerprint density at radius 1 is 1.06 bits per heavy atom. The third-order valence-electron chi connectivity index (χ3n) is 5.21. The number of carbonyl (C=O) groups excluding carboxylic acids is 1. The van der Waals surface area contributed by atoms with E-state index in [-0.39, 0.29) is 16.8 Å². The first kappa shape index (κ1) is 20.9. The minimum Gasteiger partial charge on any atom is -0.497 e. The molecule has 3 aromatic rings.